The van der Waals surface area contributed by atoms with E-state index in [4.69, 9.17) is 25.5 Å². The zero-order chi connectivity index (χ0) is 28.5. The van der Waals surface area contributed by atoms with Crippen LogP contribution in [0.25, 0.3) is 0 Å². The van der Waals surface area contributed by atoms with Crippen LogP contribution in [-0.2, 0) is 17.9 Å². The number of carboxylic acid groups (broad SMARTS) is 1. The van der Waals surface area contributed by atoms with E-state index in [1.54, 1.807) is 30.3 Å². The van der Waals surface area contributed by atoms with Gasteiger partial charge >= 0.3 is 5.97 Å². The number of hydrogen-bond donors (Lipinski definition) is 6. The number of pyridine rings is 1. The second-order valence-corrected chi connectivity index (χ2v) is 8.86. The Kier molecular flexibility index (Phi) is 9.65. The monoisotopic (exact) mass is 537 g/mol. The average Bonchev–Trinajstić information content (AvgIpc) is 2.90. The molecular formula is C27H31N5O7. The summed E-state index contributed by atoms with van der Waals surface area (Å²) in [5.74, 6) is -1.18. The average molecular weight is 538 g/mol. The van der Waals surface area contributed by atoms with Gasteiger partial charge in [0.15, 0.2) is 23.9 Å². The highest BCUT2D eigenvalue weighted by Gasteiger charge is 2.18. The van der Waals surface area contributed by atoms with E-state index in [0.29, 0.717) is 33.8 Å². The summed E-state index contributed by atoms with van der Waals surface area (Å²) >= 11 is 0. The van der Waals surface area contributed by atoms with Gasteiger partial charge in [-0.15, -0.1) is 0 Å². The molecule has 39 heavy (non-hydrogen) atoms. The number of aliphatic hydroxyl groups excluding tert-OH is 1. The van der Waals surface area contributed by atoms with Crippen LogP contribution < -0.4 is 25.8 Å². The lowest BCUT2D eigenvalue weighted by molar-refractivity contribution is -0.139. The second kappa shape index (κ2) is 13.1. The molecule has 0 saturated carbocycles. The fourth-order valence-electron chi connectivity index (χ4n) is 3.64. The SMILES string of the molecule is Cc1ccc(NCc2cc(CO)cc(OC(C)C)c2OCC(=O)O)c(C(=O)Nc2ccc(C(N)=NO)nc2)c1. The molecule has 1 heterocycles. The van der Waals surface area contributed by atoms with Crippen molar-refractivity contribution in [1.82, 2.24) is 4.98 Å². The standard InChI is InChI=1S/C27H31N5O7/c1-15(2)39-23-10-17(13-33)9-18(25(23)38-14-24(34)35)11-29-21-6-4-16(3)8-20(21)27(36)31-19-5-7-22(30-12-19)26(28)32-37/h4-10,12,15,29,33,37H,11,13-14H2,1-3H3,(H2,28,32)(H,31,36)(H,34,35). The third-order valence-electron chi connectivity index (χ3n) is 5.36. The lowest BCUT2D eigenvalue weighted by Crippen LogP contribution is -2.18. The van der Waals surface area contributed by atoms with E-state index in [2.05, 4.69) is 20.8 Å². The van der Waals surface area contributed by atoms with Crippen molar-refractivity contribution in [3.05, 3.63) is 76.6 Å². The molecule has 0 aliphatic carbocycles. The van der Waals surface area contributed by atoms with Gasteiger partial charge in [-0.05, 0) is 62.7 Å². The first-order chi connectivity index (χ1) is 18.6. The quantitative estimate of drug-likeness (QED) is 0.0867. The van der Waals surface area contributed by atoms with E-state index in [-0.39, 0.29) is 36.5 Å². The number of rotatable bonds is 12. The van der Waals surface area contributed by atoms with Crippen LogP contribution in [0.5, 0.6) is 11.5 Å². The van der Waals surface area contributed by atoms with Crippen molar-refractivity contribution in [3.8, 4) is 11.5 Å². The Hall–Kier alpha value is -4.84. The van der Waals surface area contributed by atoms with E-state index in [1.165, 1.54) is 12.3 Å². The van der Waals surface area contributed by atoms with Crippen LogP contribution in [0.1, 0.15) is 46.6 Å². The van der Waals surface area contributed by atoms with Gasteiger partial charge in [0.2, 0.25) is 0 Å². The van der Waals surface area contributed by atoms with Crippen molar-refractivity contribution in [2.75, 3.05) is 17.2 Å². The zero-order valence-electron chi connectivity index (χ0n) is 21.8. The number of oxime groups is 1. The van der Waals surface area contributed by atoms with Crippen LogP contribution in [0.4, 0.5) is 11.4 Å². The Labute approximate surface area is 225 Å². The smallest absolute Gasteiger partial charge is 0.341 e. The summed E-state index contributed by atoms with van der Waals surface area (Å²) in [5, 5.41) is 36.6. The lowest BCUT2D eigenvalue weighted by Gasteiger charge is -2.20. The summed E-state index contributed by atoms with van der Waals surface area (Å²) in [7, 11) is 0. The van der Waals surface area contributed by atoms with Crippen LogP contribution >= 0.6 is 0 Å². The summed E-state index contributed by atoms with van der Waals surface area (Å²) in [5.41, 5.74) is 8.97. The molecule has 0 atom stereocenters. The normalized spacial score (nSPS) is 11.3. The van der Waals surface area contributed by atoms with E-state index in [0.717, 1.165) is 5.56 Å². The molecule has 12 nitrogen and oxygen atoms in total. The van der Waals surface area contributed by atoms with E-state index in [9.17, 15) is 14.7 Å². The molecule has 3 aromatic rings. The first-order valence-corrected chi connectivity index (χ1v) is 12.0. The van der Waals surface area contributed by atoms with Gasteiger partial charge < -0.3 is 41.3 Å². The maximum atomic E-state index is 13.2. The minimum Gasteiger partial charge on any atom is -0.487 e. The van der Waals surface area contributed by atoms with Crippen molar-refractivity contribution in [2.24, 2.45) is 10.9 Å². The highest BCUT2D eigenvalue weighted by Crippen LogP contribution is 2.35. The Morgan fingerprint density at radius 1 is 1.15 bits per heavy atom. The highest BCUT2D eigenvalue weighted by molar-refractivity contribution is 6.08. The largest absolute Gasteiger partial charge is 0.487 e. The number of aromatic nitrogens is 1. The fourth-order valence-corrected chi connectivity index (χ4v) is 3.64. The molecule has 0 bridgehead atoms. The third kappa shape index (κ3) is 7.82. The molecule has 0 saturated heterocycles. The maximum absolute atomic E-state index is 13.2. The fraction of sp³-hybridized carbons (Fsp3) is 0.259. The zero-order valence-corrected chi connectivity index (χ0v) is 21.8. The van der Waals surface area contributed by atoms with Gasteiger partial charge in [-0.2, -0.15) is 0 Å². The van der Waals surface area contributed by atoms with E-state index in [1.807, 2.05) is 26.8 Å². The van der Waals surface area contributed by atoms with Crippen LogP contribution in [0, 0.1) is 6.92 Å². The maximum Gasteiger partial charge on any atom is 0.341 e. The molecule has 0 fully saturated rings. The molecule has 1 aromatic heterocycles. The van der Waals surface area contributed by atoms with Crippen LogP contribution in [0.3, 0.4) is 0 Å². The lowest BCUT2D eigenvalue weighted by atomic mass is 10.1. The van der Waals surface area contributed by atoms with Gasteiger partial charge in [0.25, 0.3) is 5.91 Å². The first kappa shape index (κ1) is 28.7. The number of nitrogens with zero attached hydrogens (tertiary/aromatic N) is 2. The minimum absolute atomic E-state index is 0.136. The van der Waals surface area contributed by atoms with Crippen molar-refractivity contribution >= 4 is 29.1 Å². The summed E-state index contributed by atoms with van der Waals surface area (Å²) in [6, 6.07) is 11.7. The minimum atomic E-state index is -1.15. The number of carboxylic acids is 1. The molecular weight excluding hydrogens is 506 g/mol. The number of anilines is 2. The summed E-state index contributed by atoms with van der Waals surface area (Å²) < 4.78 is 11.4. The number of aliphatic carboxylic acids is 1. The van der Waals surface area contributed by atoms with Gasteiger partial charge in [-0.1, -0.05) is 16.8 Å². The van der Waals surface area contributed by atoms with Gasteiger partial charge in [0.05, 0.1) is 30.2 Å². The predicted molar refractivity (Wildman–Crippen MR) is 144 cm³/mol. The summed E-state index contributed by atoms with van der Waals surface area (Å²) in [4.78, 5) is 28.4. The molecule has 1 amide bonds. The molecule has 2 aromatic carbocycles. The van der Waals surface area contributed by atoms with Crippen molar-refractivity contribution in [2.45, 2.75) is 40.0 Å². The molecule has 206 valence electrons. The number of amidine groups is 1. The number of hydrogen-bond acceptors (Lipinski definition) is 9. The molecule has 0 aliphatic rings. The third-order valence-corrected chi connectivity index (χ3v) is 5.36. The van der Waals surface area contributed by atoms with Crippen molar-refractivity contribution in [1.29, 1.82) is 0 Å². The van der Waals surface area contributed by atoms with Crippen molar-refractivity contribution in [3.63, 3.8) is 0 Å². The van der Waals surface area contributed by atoms with Crippen LogP contribution in [-0.4, -0.2) is 50.8 Å². The van der Waals surface area contributed by atoms with E-state index >= 15 is 0 Å². The topological polar surface area (TPSA) is 189 Å². The predicted octanol–water partition coefficient (Wildman–Crippen LogP) is 3.09. The Balaban J connectivity index is 1.89. The van der Waals surface area contributed by atoms with Crippen LogP contribution in [0.2, 0.25) is 0 Å². The number of nitrogens with two attached hydrogens (primary N) is 1. The Bertz CT molecular complexity index is 1360. The molecule has 12 heteroatoms. The molecule has 0 aliphatic heterocycles. The number of aryl methyl sites for hydroxylation is 1. The van der Waals surface area contributed by atoms with E-state index < -0.39 is 18.5 Å². The molecule has 0 radical (unpaired) electrons. The van der Waals surface area contributed by atoms with Crippen LogP contribution in [0.15, 0.2) is 53.8 Å². The molecule has 0 spiro atoms. The van der Waals surface area contributed by atoms with Gasteiger partial charge in [-0.3, -0.25) is 9.78 Å². The Morgan fingerprint density at radius 3 is 2.54 bits per heavy atom. The van der Waals surface area contributed by atoms with Gasteiger partial charge in [0, 0.05) is 17.8 Å². The first-order valence-electron chi connectivity index (χ1n) is 12.0. The summed E-state index contributed by atoms with van der Waals surface area (Å²) in [6.07, 6.45) is 1.16. The van der Waals surface area contributed by atoms with Crippen molar-refractivity contribution < 1.29 is 34.5 Å². The molecule has 3 rings (SSSR count). The molecule has 0 unspecified atom stereocenters. The highest BCUT2D eigenvalue weighted by atomic mass is 16.5. The number of aliphatic hydroxyl groups is 1. The number of carbonyl (C=O) groups excluding carboxylic acids is 1. The molecule has 7 N–H and O–H groups in total. The number of ether oxygens (including phenoxy) is 2. The number of amides is 1. The number of nitrogens with one attached hydrogen (secondary N) is 2. The Morgan fingerprint density at radius 2 is 1.92 bits per heavy atom. The summed E-state index contributed by atoms with van der Waals surface area (Å²) in [6.45, 7) is 4.78. The second-order valence-electron chi connectivity index (χ2n) is 8.86. The van der Waals surface area contributed by atoms with Gasteiger partial charge in [0.1, 0.15) is 5.69 Å². The number of benzene rings is 2. The van der Waals surface area contributed by atoms with Gasteiger partial charge in [-0.25, -0.2) is 4.79 Å². The number of carbonyl (C=O) groups is 2.